The Labute approximate surface area is 182 Å². The van der Waals surface area contributed by atoms with Crippen molar-refractivity contribution in [1.29, 1.82) is 0 Å². The first kappa shape index (κ1) is 18.8. The maximum absolute atomic E-state index is 13.3. The quantitative estimate of drug-likeness (QED) is 0.426. The molecule has 2 amide bonds. The second-order valence-electron chi connectivity index (χ2n) is 7.15. The summed E-state index contributed by atoms with van der Waals surface area (Å²) in [7, 11) is 0. The van der Waals surface area contributed by atoms with Crippen LogP contribution in [0.1, 0.15) is 33.1 Å². The molecule has 5 rings (SSSR count). The van der Waals surface area contributed by atoms with Gasteiger partial charge in [0.05, 0.1) is 0 Å². The topological polar surface area (TPSA) is 84.0 Å². The van der Waals surface area contributed by atoms with E-state index in [1.807, 2.05) is 24.3 Å². The molecular formula is C20H14Cl2N4O2Se. The van der Waals surface area contributed by atoms with Gasteiger partial charge in [0.2, 0.25) is 0 Å². The molecule has 1 aliphatic heterocycles. The van der Waals surface area contributed by atoms with E-state index in [0.717, 1.165) is 21.3 Å². The van der Waals surface area contributed by atoms with Gasteiger partial charge in [-0.05, 0) is 0 Å². The Bertz CT molecular complexity index is 1100. The Balaban J connectivity index is 1.79. The Hall–Kier alpha value is -2.18. The number of hydrogen-bond donors (Lipinski definition) is 2. The van der Waals surface area contributed by atoms with Gasteiger partial charge in [-0.2, -0.15) is 0 Å². The van der Waals surface area contributed by atoms with Crippen molar-refractivity contribution in [2.24, 2.45) is 5.41 Å². The minimum absolute atomic E-state index is 0.263. The van der Waals surface area contributed by atoms with Gasteiger partial charge >= 0.3 is 183 Å². The van der Waals surface area contributed by atoms with E-state index in [1.54, 1.807) is 24.3 Å². The third-order valence-corrected chi connectivity index (χ3v) is 8.01. The van der Waals surface area contributed by atoms with Gasteiger partial charge < -0.3 is 0 Å². The van der Waals surface area contributed by atoms with Crippen LogP contribution in [0.25, 0.3) is 0 Å². The van der Waals surface area contributed by atoms with Crippen LogP contribution in [-0.2, 0) is 16.0 Å². The van der Waals surface area contributed by atoms with Crippen LogP contribution < -0.4 is 10.9 Å². The summed E-state index contributed by atoms with van der Waals surface area (Å²) < 4.78 is 5.24. The summed E-state index contributed by atoms with van der Waals surface area (Å²) in [6.07, 6.45) is 0.465. The zero-order valence-electron chi connectivity index (χ0n) is 14.9. The van der Waals surface area contributed by atoms with Crippen molar-refractivity contribution < 1.29 is 9.59 Å². The summed E-state index contributed by atoms with van der Waals surface area (Å²) >= 11 is 11.9. The monoisotopic (exact) mass is 492 g/mol. The number of nitrogens with one attached hydrogen (secondary N) is 2. The van der Waals surface area contributed by atoms with Crippen molar-refractivity contribution >= 4 is 49.7 Å². The van der Waals surface area contributed by atoms with E-state index < -0.39 is 17.3 Å². The van der Waals surface area contributed by atoms with Gasteiger partial charge in [-0.25, -0.2) is 0 Å². The number of halogens is 2. The maximum atomic E-state index is 13.3. The molecule has 2 atom stereocenters. The number of benzene rings is 2. The van der Waals surface area contributed by atoms with Crippen LogP contribution >= 0.6 is 23.2 Å². The molecular weight excluding hydrogens is 478 g/mol. The molecule has 9 heteroatoms. The molecule has 146 valence electrons. The molecule has 2 aliphatic rings. The van der Waals surface area contributed by atoms with Crippen LogP contribution in [0.15, 0.2) is 48.5 Å². The third kappa shape index (κ3) is 2.76. The molecule has 1 fully saturated rings. The Kier molecular flexibility index (Phi) is 4.51. The molecule has 0 radical (unpaired) electrons. The van der Waals surface area contributed by atoms with Crippen LogP contribution in [0.4, 0.5) is 0 Å². The summed E-state index contributed by atoms with van der Waals surface area (Å²) in [4.78, 5) is 26.7. The molecule has 1 aliphatic carbocycles. The fourth-order valence-corrected chi connectivity index (χ4v) is 6.59. The number of hydrazine groups is 1. The van der Waals surface area contributed by atoms with Gasteiger partial charge in [-0.1, -0.05) is 0 Å². The SMILES string of the molecule is O=C1NNC(=O)C12C(c1ccc(Cl)cc1)Cc1nn[se]c1C2c1ccc(Cl)cc1. The molecule has 1 spiro atoms. The first-order valence-electron chi connectivity index (χ1n) is 8.94. The first-order chi connectivity index (χ1) is 14.0. The molecule has 2 unspecified atom stereocenters. The zero-order valence-corrected chi connectivity index (χ0v) is 18.1. The molecule has 6 nitrogen and oxygen atoms in total. The van der Waals surface area contributed by atoms with Crippen molar-refractivity contribution in [2.75, 3.05) is 0 Å². The molecule has 3 aromatic rings. The van der Waals surface area contributed by atoms with Gasteiger partial charge in [0.25, 0.3) is 0 Å². The van der Waals surface area contributed by atoms with Gasteiger partial charge in [0.15, 0.2) is 0 Å². The predicted molar refractivity (Wildman–Crippen MR) is 109 cm³/mol. The second-order valence-corrected chi connectivity index (χ2v) is 9.68. The molecule has 29 heavy (non-hydrogen) atoms. The van der Waals surface area contributed by atoms with Crippen LogP contribution in [0.5, 0.6) is 0 Å². The minimum atomic E-state index is -1.34. The Morgan fingerprint density at radius 3 is 2.03 bits per heavy atom. The summed E-state index contributed by atoms with van der Waals surface area (Å²) in [5, 5.41) is 5.55. The number of carbonyl (C=O) groups excluding carboxylic acids is 2. The summed E-state index contributed by atoms with van der Waals surface area (Å²) in [5.74, 6) is -1.55. The predicted octanol–water partition coefficient (Wildman–Crippen LogP) is 2.46. The molecule has 1 saturated heterocycles. The van der Waals surface area contributed by atoms with Crippen molar-refractivity contribution in [3.8, 4) is 0 Å². The van der Waals surface area contributed by atoms with Crippen LogP contribution in [0.2, 0.25) is 10.0 Å². The van der Waals surface area contributed by atoms with Crippen molar-refractivity contribution in [3.05, 3.63) is 79.8 Å². The fourth-order valence-electron chi connectivity index (χ4n) is 4.49. The average molecular weight is 492 g/mol. The van der Waals surface area contributed by atoms with E-state index in [2.05, 4.69) is 20.0 Å². The van der Waals surface area contributed by atoms with Crippen LogP contribution in [0.3, 0.4) is 0 Å². The van der Waals surface area contributed by atoms with E-state index in [4.69, 9.17) is 23.2 Å². The third-order valence-electron chi connectivity index (χ3n) is 5.77. The van der Waals surface area contributed by atoms with Crippen LogP contribution in [0, 0.1) is 5.41 Å². The van der Waals surface area contributed by atoms with Crippen molar-refractivity contribution in [2.45, 2.75) is 18.3 Å². The number of amides is 2. The zero-order chi connectivity index (χ0) is 20.2. The fraction of sp³-hybridized carbons (Fsp3) is 0.200. The Morgan fingerprint density at radius 2 is 1.45 bits per heavy atom. The van der Waals surface area contributed by atoms with E-state index in [0.29, 0.717) is 16.5 Å². The number of rotatable bonds is 2. The summed E-state index contributed by atoms with van der Waals surface area (Å²) in [6.45, 7) is 0. The van der Waals surface area contributed by atoms with Gasteiger partial charge in [0, 0.05) is 0 Å². The van der Waals surface area contributed by atoms with Crippen molar-refractivity contribution in [1.82, 2.24) is 20.0 Å². The molecule has 0 saturated carbocycles. The number of carbonyl (C=O) groups is 2. The molecule has 0 bridgehead atoms. The molecule has 2 aromatic carbocycles. The van der Waals surface area contributed by atoms with Gasteiger partial charge in [-0.3, -0.25) is 0 Å². The average Bonchev–Trinajstić information content (AvgIpc) is 3.30. The number of fused-ring (bicyclic) bond motifs is 1. The number of hydrogen-bond acceptors (Lipinski definition) is 4. The van der Waals surface area contributed by atoms with Gasteiger partial charge in [0.1, 0.15) is 0 Å². The van der Waals surface area contributed by atoms with Crippen LogP contribution in [-0.4, -0.2) is 35.7 Å². The normalized spacial score (nSPS) is 22.3. The number of nitrogens with zero attached hydrogens (tertiary/aromatic N) is 2. The van der Waals surface area contributed by atoms with Crippen molar-refractivity contribution in [3.63, 3.8) is 0 Å². The van der Waals surface area contributed by atoms with E-state index in [1.165, 1.54) is 0 Å². The first-order valence-corrected chi connectivity index (χ1v) is 11.3. The van der Waals surface area contributed by atoms with E-state index >= 15 is 0 Å². The number of aromatic nitrogens is 2. The van der Waals surface area contributed by atoms with E-state index in [-0.39, 0.29) is 26.5 Å². The summed E-state index contributed by atoms with van der Waals surface area (Å²) in [6, 6.07) is 14.6. The van der Waals surface area contributed by atoms with Gasteiger partial charge in [-0.15, -0.1) is 0 Å². The van der Waals surface area contributed by atoms with E-state index in [9.17, 15) is 9.59 Å². The molecule has 2 heterocycles. The summed E-state index contributed by atoms with van der Waals surface area (Å²) in [5.41, 5.74) is 6.37. The molecule has 1 aromatic heterocycles. The molecule has 2 N–H and O–H groups in total. The Morgan fingerprint density at radius 1 is 0.897 bits per heavy atom. The standard InChI is InChI=1S/C20H14Cl2N4O2Se/c21-12-5-1-10(2-6-12)14-9-15-17(29-26-23-15)16(11-3-7-13(22)8-4-11)20(14)18(27)24-25-19(20)28/h1-8,14,16H,9H2,(H,24,27)(H,25,28). The second kappa shape index (κ2) is 6.96.